The quantitative estimate of drug-likeness (QED) is 0.708. The number of amides is 1. The normalized spacial score (nSPS) is 10.5. The van der Waals surface area contributed by atoms with E-state index in [-0.39, 0.29) is 11.6 Å². The minimum absolute atomic E-state index is 0.0227. The highest BCUT2D eigenvalue weighted by atomic mass is 19.1. The molecule has 0 aliphatic carbocycles. The van der Waals surface area contributed by atoms with Gasteiger partial charge >= 0.3 is 0 Å². The Morgan fingerprint density at radius 1 is 1.14 bits per heavy atom. The van der Waals surface area contributed by atoms with Crippen LogP contribution in [0.5, 0.6) is 0 Å². The van der Waals surface area contributed by atoms with Gasteiger partial charge in [0, 0.05) is 18.1 Å². The van der Waals surface area contributed by atoms with Crippen LogP contribution in [-0.4, -0.2) is 15.9 Å². The standard InChI is InChI=1S/C15H11FN4O/c16-11-5-4-9(8-12(11)17)20-15(21)10-2-1-3-13-14(10)19-7-6-18-13/h1-8H,17H2,(H,20,21). The van der Waals surface area contributed by atoms with E-state index < -0.39 is 5.82 Å². The zero-order valence-electron chi connectivity index (χ0n) is 10.9. The van der Waals surface area contributed by atoms with Crippen LogP contribution in [0, 0.1) is 5.82 Å². The number of nitrogens with two attached hydrogens (primary N) is 1. The minimum Gasteiger partial charge on any atom is -0.396 e. The number of nitrogen functional groups attached to an aromatic ring is 1. The Morgan fingerprint density at radius 3 is 2.76 bits per heavy atom. The van der Waals surface area contributed by atoms with Crippen LogP contribution in [0.4, 0.5) is 15.8 Å². The number of fused-ring (bicyclic) bond motifs is 1. The maximum atomic E-state index is 13.1. The second-order valence-corrected chi connectivity index (χ2v) is 4.42. The number of para-hydroxylation sites is 1. The predicted molar refractivity (Wildman–Crippen MR) is 78.3 cm³/mol. The molecule has 0 bridgehead atoms. The summed E-state index contributed by atoms with van der Waals surface area (Å²) in [4.78, 5) is 20.6. The van der Waals surface area contributed by atoms with Gasteiger partial charge in [-0.2, -0.15) is 0 Å². The number of carbonyl (C=O) groups excluding carboxylic acids is 1. The van der Waals surface area contributed by atoms with Crippen molar-refractivity contribution in [3.05, 3.63) is 60.2 Å². The van der Waals surface area contributed by atoms with Crippen molar-refractivity contribution in [2.75, 3.05) is 11.1 Å². The topological polar surface area (TPSA) is 80.9 Å². The highest BCUT2D eigenvalue weighted by molar-refractivity contribution is 6.11. The Labute approximate surface area is 119 Å². The Morgan fingerprint density at radius 2 is 1.95 bits per heavy atom. The van der Waals surface area contributed by atoms with Crippen LogP contribution in [0.3, 0.4) is 0 Å². The van der Waals surface area contributed by atoms with Crippen molar-refractivity contribution < 1.29 is 9.18 Å². The first-order valence-electron chi connectivity index (χ1n) is 6.21. The van der Waals surface area contributed by atoms with Crippen LogP contribution in [0.2, 0.25) is 0 Å². The molecule has 1 aromatic heterocycles. The number of halogens is 1. The lowest BCUT2D eigenvalue weighted by molar-refractivity contribution is 0.102. The summed E-state index contributed by atoms with van der Waals surface area (Å²) in [5, 5.41) is 2.67. The van der Waals surface area contributed by atoms with E-state index in [1.807, 2.05) is 0 Å². The molecule has 1 heterocycles. The molecule has 5 nitrogen and oxygen atoms in total. The molecule has 0 fully saturated rings. The fraction of sp³-hybridized carbons (Fsp3) is 0. The third kappa shape index (κ3) is 2.51. The van der Waals surface area contributed by atoms with Crippen molar-refractivity contribution in [3.8, 4) is 0 Å². The van der Waals surface area contributed by atoms with E-state index in [9.17, 15) is 9.18 Å². The molecule has 6 heteroatoms. The number of benzene rings is 2. The van der Waals surface area contributed by atoms with Gasteiger partial charge in [0.2, 0.25) is 0 Å². The van der Waals surface area contributed by atoms with Gasteiger partial charge in [0.15, 0.2) is 0 Å². The summed E-state index contributed by atoms with van der Waals surface area (Å²) < 4.78 is 13.1. The van der Waals surface area contributed by atoms with Crippen molar-refractivity contribution in [1.29, 1.82) is 0 Å². The molecule has 3 aromatic rings. The molecule has 104 valence electrons. The van der Waals surface area contributed by atoms with Crippen molar-refractivity contribution >= 4 is 28.3 Å². The van der Waals surface area contributed by atoms with Crippen LogP contribution < -0.4 is 11.1 Å². The SMILES string of the molecule is Nc1cc(NC(=O)c2cccc3nccnc23)ccc1F. The second-order valence-electron chi connectivity index (χ2n) is 4.42. The number of nitrogens with zero attached hydrogens (tertiary/aromatic N) is 2. The van der Waals surface area contributed by atoms with E-state index in [1.54, 1.807) is 24.4 Å². The zero-order chi connectivity index (χ0) is 14.8. The molecule has 1 amide bonds. The molecule has 3 N–H and O–H groups in total. The van der Waals surface area contributed by atoms with Crippen molar-refractivity contribution in [3.63, 3.8) is 0 Å². The molecule has 0 aliphatic heterocycles. The first-order chi connectivity index (χ1) is 10.1. The van der Waals surface area contributed by atoms with E-state index in [4.69, 9.17) is 5.73 Å². The van der Waals surface area contributed by atoms with Gasteiger partial charge in [-0.05, 0) is 30.3 Å². The molecule has 0 radical (unpaired) electrons. The van der Waals surface area contributed by atoms with Gasteiger partial charge in [0.05, 0.1) is 16.8 Å². The predicted octanol–water partition coefficient (Wildman–Crippen LogP) is 2.60. The van der Waals surface area contributed by atoms with Crippen molar-refractivity contribution in [2.24, 2.45) is 0 Å². The van der Waals surface area contributed by atoms with Crippen LogP contribution >= 0.6 is 0 Å². The maximum absolute atomic E-state index is 13.1. The Balaban J connectivity index is 1.95. The van der Waals surface area contributed by atoms with Crippen molar-refractivity contribution in [1.82, 2.24) is 9.97 Å². The number of nitrogens with one attached hydrogen (secondary N) is 1. The van der Waals surface area contributed by atoms with Crippen LogP contribution in [-0.2, 0) is 0 Å². The number of hydrogen-bond donors (Lipinski definition) is 2. The Kier molecular flexibility index (Phi) is 3.19. The number of rotatable bonds is 2. The second kappa shape index (κ2) is 5.16. The van der Waals surface area contributed by atoms with Gasteiger partial charge in [0.25, 0.3) is 5.91 Å². The summed E-state index contributed by atoms with van der Waals surface area (Å²) in [6, 6.07) is 9.16. The lowest BCUT2D eigenvalue weighted by Gasteiger charge is -2.08. The van der Waals surface area contributed by atoms with Gasteiger partial charge in [-0.1, -0.05) is 6.07 Å². The molecule has 0 aliphatic rings. The van der Waals surface area contributed by atoms with E-state index in [0.717, 1.165) is 0 Å². The first kappa shape index (κ1) is 13.0. The van der Waals surface area contributed by atoms with Crippen LogP contribution in [0.1, 0.15) is 10.4 Å². The molecule has 0 saturated heterocycles. The summed E-state index contributed by atoms with van der Waals surface area (Å²) in [7, 11) is 0. The van der Waals surface area contributed by atoms with Gasteiger partial charge in [-0.15, -0.1) is 0 Å². The van der Waals surface area contributed by atoms with Gasteiger partial charge in [-0.25, -0.2) is 4.39 Å². The highest BCUT2D eigenvalue weighted by Crippen LogP contribution is 2.19. The summed E-state index contributed by atoms with van der Waals surface area (Å²) in [5.74, 6) is -0.879. The minimum atomic E-state index is -0.524. The number of anilines is 2. The van der Waals surface area contributed by atoms with Gasteiger partial charge < -0.3 is 11.1 Å². The molecule has 0 spiro atoms. The summed E-state index contributed by atoms with van der Waals surface area (Å²) in [6.07, 6.45) is 3.08. The fourth-order valence-electron chi connectivity index (χ4n) is 2.00. The van der Waals surface area contributed by atoms with Gasteiger partial charge in [-0.3, -0.25) is 14.8 Å². The Bertz CT molecular complexity index is 830. The summed E-state index contributed by atoms with van der Waals surface area (Å²) in [6.45, 7) is 0. The molecular weight excluding hydrogens is 271 g/mol. The number of carbonyl (C=O) groups is 1. The molecule has 3 rings (SSSR count). The Hall–Kier alpha value is -3.02. The third-order valence-corrected chi connectivity index (χ3v) is 3.00. The molecule has 21 heavy (non-hydrogen) atoms. The number of aromatic nitrogens is 2. The molecule has 0 unspecified atom stereocenters. The average Bonchev–Trinajstić information content (AvgIpc) is 2.50. The van der Waals surface area contributed by atoms with Gasteiger partial charge in [0.1, 0.15) is 11.3 Å². The maximum Gasteiger partial charge on any atom is 0.257 e. The smallest absolute Gasteiger partial charge is 0.257 e. The highest BCUT2D eigenvalue weighted by Gasteiger charge is 2.12. The zero-order valence-corrected chi connectivity index (χ0v) is 10.9. The number of hydrogen-bond acceptors (Lipinski definition) is 4. The lowest BCUT2D eigenvalue weighted by Crippen LogP contribution is -2.13. The van der Waals surface area contributed by atoms with E-state index in [0.29, 0.717) is 22.3 Å². The van der Waals surface area contributed by atoms with E-state index >= 15 is 0 Å². The monoisotopic (exact) mass is 282 g/mol. The molecule has 0 atom stereocenters. The van der Waals surface area contributed by atoms with E-state index in [2.05, 4.69) is 15.3 Å². The summed E-state index contributed by atoms with van der Waals surface area (Å²) in [5.41, 5.74) is 7.40. The lowest BCUT2D eigenvalue weighted by atomic mass is 10.1. The van der Waals surface area contributed by atoms with E-state index in [1.165, 1.54) is 24.4 Å². The molecular formula is C15H11FN4O. The fourth-order valence-corrected chi connectivity index (χ4v) is 2.00. The molecule has 2 aromatic carbocycles. The summed E-state index contributed by atoms with van der Waals surface area (Å²) >= 11 is 0. The van der Waals surface area contributed by atoms with Crippen LogP contribution in [0.15, 0.2) is 48.8 Å². The molecule has 0 saturated carbocycles. The van der Waals surface area contributed by atoms with Crippen molar-refractivity contribution in [2.45, 2.75) is 0 Å². The average molecular weight is 282 g/mol. The third-order valence-electron chi connectivity index (χ3n) is 3.00. The first-order valence-corrected chi connectivity index (χ1v) is 6.21. The largest absolute Gasteiger partial charge is 0.396 e. The van der Waals surface area contributed by atoms with Crippen LogP contribution in [0.25, 0.3) is 11.0 Å².